The SMILES string of the molecule is C=C(C)CCC(=O)CC1(N)CCC1. The Morgan fingerprint density at radius 3 is 2.46 bits per heavy atom. The van der Waals surface area contributed by atoms with Crippen LogP contribution in [-0.2, 0) is 4.79 Å². The second-order valence-electron chi connectivity index (χ2n) is 4.39. The van der Waals surface area contributed by atoms with Gasteiger partial charge in [0.15, 0.2) is 0 Å². The summed E-state index contributed by atoms with van der Waals surface area (Å²) in [6.45, 7) is 5.73. The van der Waals surface area contributed by atoms with Gasteiger partial charge in [0, 0.05) is 18.4 Å². The lowest BCUT2D eigenvalue weighted by atomic mass is 9.74. The van der Waals surface area contributed by atoms with Gasteiger partial charge in [-0.05, 0) is 32.6 Å². The highest BCUT2D eigenvalue weighted by Gasteiger charge is 2.34. The van der Waals surface area contributed by atoms with Crippen LogP contribution in [0.2, 0.25) is 0 Å². The molecule has 0 bridgehead atoms. The Balaban J connectivity index is 2.21. The largest absolute Gasteiger partial charge is 0.325 e. The average molecular weight is 181 g/mol. The van der Waals surface area contributed by atoms with E-state index in [1.165, 1.54) is 6.42 Å². The lowest BCUT2D eigenvalue weighted by molar-refractivity contribution is -0.120. The fourth-order valence-corrected chi connectivity index (χ4v) is 1.64. The first-order valence-corrected chi connectivity index (χ1v) is 4.97. The van der Waals surface area contributed by atoms with Gasteiger partial charge in [0.2, 0.25) is 0 Å². The Kier molecular flexibility index (Phi) is 3.26. The van der Waals surface area contributed by atoms with Gasteiger partial charge >= 0.3 is 0 Å². The Hall–Kier alpha value is -0.630. The van der Waals surface area contributed by atoms with Crippen molar-refractivity contribution in [3.63, 3.8) is 0 Å². The molecule has 0 unspecified atom stereocenters. The second kappa shape index (κ2) is 4.05. The number of ketones is 1. The number of allylic oxidation sites excluding steroid dienone is 1. The maximum Gasteiger partial charge on any atom is 0.135 e. The molecule has 2 N–H and O–H groups in total. The van der Waals surface area contributed by atoms with Gasteiger partial charge in [-0.25, -0.2) is 0 Å². The molecule has 1 fully saturated rings. The third-order valence-corrected chi connectivity index (χ3v) is 2.73. The third kappa shape index (κ3) is 3.31. The summed E-state index contributed by atoms with van der Waals surface area (Å²) in [6, 6.07) is 0. The highest BCUT2D eigenvalue weighted by Crippen LogP contribution is 2.32. The van der Waals surface area contributed by atoms with Crippen LogP contribution in [0, 0.1) is 0 Å². The Bertz CT molecular complexity index is 216. The molecule has 13 heavy (non-hydrogen) atoms. The molecule has 0 saturated heterocycles. The molecule has 1 aliphatic carbocycles. The highest BCUT2D eigenvalue weighted by molar-refractivity contribution is 5.80. The summed E-state index contributed by atoms with van der Waals surface area (Å²) in [5.41, 5.74) is 6.90. The van der Waals surface area contributed by atoms with Crippen molar-refractivity contribution in [2.75, 3.05) is 0 Å². The maximum absolute atomic E-state index is 11.4. The summed E-state index contributed by atoms with van der Waals surface area (Å²) in [5.74, 6) is 0.296. The quantitative estimate of drug-likeness (QED) is 0.661. The Morgan fingerprint density at radius 2 is 2.08 bits per heavy atom. The van der Waals surface area contributed by atoms with Crippen molar-refractivity contribution in [3.8, 4) is 0 Å². The third-order valence-electron chi connectivity index (χ3n) is 2.73. The van der Waals surface area contributed by atoms with Crippen molar-refractivity contribution >= 4 is 5.78 Å². The van der Waals surface area contributed by atoms with E-state index in [4.69, 9.17) is 5.73 Å². The number of rotatable bonds is 5. The Labute approximate surface area is 80.2 Å². The predicted molar refractivity (Wildman–Crippen MR) is 54.4 cm³/mol. The van der Waals surface area contributed by atoms with E-state index in [1.54, 1.807) is 0 Å². The molecule has 74 valence electrons. The monoisotopic (exact) mass is 181 g/mol. The number of hydrogen-bond acceptors (Lipinski definition) is 2. The lowest BCUT2D eigenvalue weighted by Crippen LogP contribution is -2.48. The van der Waals surface area contributed by atoms with Crippen molar-refractivity contribution in [2.24, 2.45) is 5.73 Å². The topological polar surface area (TPSA) is 43.1 Å². The summed E-state index contributed by atoms with van der Waals surface area (Å²) in [5, 5.41) is 0. The highest BCUT2D eigenvalue weighted by atomic mass is 16.1. The maximum atomic E-state index is 11.4. The van der Waals surface area contributed by atoms with Crippen LogP contribution in [0.3, 0.4) is 0 Å². The first-order chi connectivity index (χ1) is 6.02. The number of hydrogen-bond donors (Lipinski definition) is 1. The molecule has 0 aromatic rings. The summed E-state index contributed by atoms with van der Waals surface area (Å²) >= 11 is 0. The van der Waals surface area contributed by atoms with E-state index >= 15 is 0 Å². The van der Waals surface area contributed by atoms with Crippen LogP contribution >= 0.6 is 0 Å². The zero-order valence-corrected chi connectivity index (χ0v) is 8.44. The number of nitrogens with two attached hydrogens (primary N) is 1. The zero-order valence-electron chi connectivity index (χ0n) is 8.44. The van der Waals surface area contributed by atoms with Gasteiger partial charge < -0.3 is 5.73 Å². The van der Waals surface area contributed by atoms with E-state index in [0.717, 1.165) is 24.8 Å². The summed E-state index contributed by atoms with van der Waals surface area (Å²) in [7, 11) is 0. The molecule has 1 aliphatic rings. The molecule has 2 heteroatoms. The number of carbonyl (C=O) groups excluding carboxylic acids is 1. The molecule has 0 amide bonds. The van der Waals surface area contributed by atoms with Gasteiger partial charge in [0.25, 0.3) is 0 Å². The van der Waals surface area contributed by atoms with E-state index in [-0.39, 0.29) is 5.54 Å². The predicted octanol–water partition coefficient (Wildman–Crippen LogP) is 2.18. The van der Waals surface area contributed by atoms with Crippen LogP contribution in [0.4, 0.5) is 0 Å². The van der Waals surface area contributed by atoms with E-state index < -0.39 is 0 Å². The molecule has 0 aromatic heterocycles. The van der Waals surface area contributed by atoms with E-state index in [2.05, 4.69) is 6.58 Å². The van der Waals surface area contributed by atoms with Gasteiger partial charge in [0.1, 0.15) is 5.78 Å². The van der Waals surface area contributed by atoms with Crippen LogP contribution in [0.15, 0.2) is 12.2 Å². The molecule has 0 heterocycles. The first kappa shape index (κ1) is 10.5. The molecule has 0 radical (unpaired) electrons. The van der Waals surface area contributed by atoms with Crippen LogP contribution < -0.4 is 5.73 Å². The van der Waals surface area contributed by atoms with Crippen molar-refractivity contribution in [1.82, 2.24) is 0 Å². The molecule has 1 rings (SSSR count). The summed E-state index contributed by atoms with van der Waals surface area (Å²) < 4.78 is 0. The minimum atomic E-state index is -0.147. The van der Waals surface area contributed by atoms with Crippen molar-refractivity contribution in [1.29, 1.82) is 0 Å². The van der Waals surface area contributed by atoms with E-state index in [0.29, 0.717) is 18.6 Å². The molecular weight excluding hydrogens is 162 g/mol. The normalized spacial score (nSPS) is 19.2. The van der Waals surface area contributed by atoms with Crippen molar-refractivity contribution in [3.05, 3.63) is 12.2 Å². The fourth-order valence-electron chi connectivity index (χ4n) is 1.64. The number of Topliss-reactive ketones (excluding diaryl/α,β-unsaturated/α-hetero) is 1. The fraction of sp³-hybridized carbons (Fsp3) is 0.727. The van der Waals surface area contributed by atoms with Crippen LogP contribution in [0.25, 0.3) is 0 Å². The zero-order chi connectivity index (χ0) is 9.90. The Morgan fingerprint density at radius 1 is 1.46 bits per heavy atom. The molecule has 0 aromatic carbocycles. The second-order valence-corrected chi connectivity index (χ2v) is 4.39. The van der Waals surface area contributed by atoms with Gasteiger partial charge in [-0.15, -0.1) is 6.58 Å². The van der Waals surface area contributed by atoms with Gasteiger partial charge in [-0.1, -0.05) is 5.57 Å². The van der Waals surface area contributed by atoms with Crippen molar-refractivity contribution in [2.45, 2.75) is 51.0 Å². The minimum Gasteiger partial charge on any atom is -0.325 e. The standard InChI is InChI=1S/C11H19NO/c1-9(2)4-5-10(13)8-11(12)6-3-7-11/h1,3-8,12H2,2H3. The molecular formula is C11H19NO. The summed E-state index contributed by atoms with van der Waals surface area (Å²) in [4.78, 5) is 11.4. The first-order valence-electron chi connectivity index (χ1n) is 4.97. The van der Waals surface area contributed by atoms with Gasteiger partial charge in [-0.2, -0.15) is 0 Å². The van der Waals surface area contributed by atoms with Crippen LogP contribution in [-0.4, -0.2) is 11.3 Å². The lowest BCUT2D eigenvalue weighted by Gasteiger charge is -2.37. The molecule has 0 spiro atoms. The smallest absolute Gasteiger partial charge is 0.135 e. The molecule has 0 atom stereocenters. The van der Waals surface area contributed by atoms with E-state index in [9.17, 15) is 4.79 Å². The number of carbonyl (C=O) groups is 1. The summed E-state index contributed by atoms with van der Waals surface area (Å²) in [6.07, 6.45) is 5.23. The molecule has 1 saturated carbocycles. The van der Waals surface area contributed by atoms with Crippen LogP contribution in [0.1, 0.15) is 45.4 Å². The van der Waals surface area contributed by atoms with E-state index in [1.807, 2.05) is 6.92 Å². The molecule has 2 nitrogen and oxygen atoms in total. The molecule has 0 aliphatic heterocycles. The average Bonchev–Trinajstić information content (AvgIpc) is 1.98. The van der Waals surface area contributed by atoms with Crippen LogP contribution in [0.5, 0.6) is 0 Å². The van der Waals surface area contributed by atoms with Gasteiger partial charge in [-0.3, -0.25) is 4.79 Å². The van der Waals surface area contributed by atoms with Crippen molar-refractivity contribution < 1.29 is 4.79 Å². The van der Waals surface area contributed by atoms with Gasteiger partial charge in [0.05, 0.1) is 0 Å². The minimum absolute atomic E-state index is 0.147.